The van der Waals surface area contributed by atoms with E-state index in [1.165, 1.54) is 12.3 Å². The van der Waals surface area contributed by atoms with Gasteiger partial charge < -0.3 is 20.1 Å². The van der Waals surface area contributed by atoms with Crippen LogP contribution in [0.4, 0.5) is 0 Å². The van der Waals surface area contributed by atoms with Crippen molar-refractivity contribution in [1.82, 2.24) is 15.6 Å². The maximum Gasteiger partial charge on any atom is 0.269 e. The number of pyridine rings is 1. The largest absolute Gasteiger partial charge is 0.376 e. The van der Waals surface area contributed by atoms with E-state index >= 15 is 0 Å². The summed E-state index contributed by atoms with van der Waals surface area (Å²) in [5.74, 6) is -0.514. The lowest BCUT2D eigenvalue weighted by Crippen LogP contribution is -2.33. The summed E-state index contributed by atoms with van der Waals surface area (Å²) in [5.41, 5.74) is 0.656. The molecule has 2 amide bonds. The molecule has 1 aromatic heterocycles. The maximum atomic E-state index is 12.2. The average Bonchev–Trinajstić information content (AvgIpc) is 3.31. The standard InChI is InChI=1S/C17H23N3O4/c21-16(19-10-13-3-1-7-23-13)12-5-6-18-15(9-12)17(22)20-11-14-4-2-8-24-14/h5-6,9,13-14H,1-4,7-8,10-11H2,(H,19,21)(H,20,22). The predicted molar refractivity (Wildman–Crippen MR) is 86.9 cm³/mol. The first kappa shape index (κ1) is 16.9. The van der Waals surface area contributed by atoms with Gasteiger partial charge in [-0.15, -0.1) is 0 Å². The Balaban J connectivity index is 1.52. The number of ether oxygens (including phenoxy) is 2. The van der Waals surface area contributed by atoms with Crippen LogP contribution in [0, 0.1) is 0 Å². The Bertz CT molecular complexity index is 534. The molecule has 2 saturated heterocycles. The molecule has 130 valence electrons. The molecular formula is C17H23N3O4. The van der Waals surface area contributed by atoms with Crippen LogP contribution >= 0.6 is 0 Å². The fourth-order valence-corrected chi connectivity index (χ4v) is 2.91. The van der Waals surface area contributed by atoms with Crippen LogP contribution < -0.4 is 10.6 Å². The molecule has 7 nitrogen and oxygen atoms in total. The molecule has 24 heavy (non-hydrogen) atoms. The normalized spacial score (nSPS) is 23.2. The van der Waals surface area contributed by atoms with Crippen molar-refractivity contribution in [3.8, 4) is 0 Å². The van der Waals surface area contributed by atoms with Gasteiger partial charge in [0, 0.05) is 38.1 Å². The van der Waals surface area contributed by atoms with Crippen LogP contribution in [0.25, 0.3) is 0 Å². The van der Waals surface area contributed by atoms with Gasteiger partial charge in [0.25, 0.3) is 11.8 Å². The summed E-state index contributed by atoms with van der Waals surface area (Å²) in [5, 5.41) is 5.65. The molecule has 0 aromatic carbocycles. The molecule has 2 atom stereocenters. The van der Waals surface area contributed by atoms with Crippen LogP contribution in [0.2, 0.25) is 0 Å². The van der Waals surface area contributed by atoms with E-state index in [0.29, 0.717) is 18.7 Å². The predicted octanol–water partition coefficient (Wildman–Crippen LogP) is 0.899. The van der Waals surface area contributed by atoms with Crippen LogP contribution in [0.3, 0.4) is 0 Å². The van der Waals surface area contributed by atoms with Crippen molar-refractivity contribution in [3.63, 3.8) is 0 Å². The highest BCUT2D eigenvalue weighted by Gasteiger charge is 2.19. The second-order valence-corrected chi connectivity index (χ2v) is 6.12. The van der Waals surface area contributed by atoms with E-state index < -0.39 is 0 Å². The quantitative estimate of drug-likeness (QED) is 0.807. The minimum atomic E-state index is -0.292. The molecule has 2 aliphatic rings. The number of carbonyl (C=O) groups is 2. The first-order valence-electron chi connectivity index (χ1n) is 8.48. The molecule has 2 aliphatic heterocycles. The maximum absolute atomic E-state index is 12.2. The third kappa shape index (κ3) is 4.52. The number of hydrogen-bond acceptors (Lipinski definition) is 5. The zero-order valence-electron chi connectivity index (χ0n) is 13.6. The van der Waals surface area contributed by atoms with Gasteiger partial charge in [0.2, 0.25) is 0 Å². The number of amides is 2. The molecule has 2 N–H and O–H groups in total. The smallest absolute Gasteiger partial charge is 0.269 e. The second kappa shape index (κ2) is 8.21. The van der Waals surface area contributed by atoms with Gasteiger partial charge in [0.1, 0.15) is 5.69 Å². The highest BCUT2D eigenvalue weighted by Crippen LogP contribution is 2.12. The Morgan fingerprint density at radius 3 is 2.25 bits per heavy atom. The first-order chi connectivity index (χ1) is 11.7. The van der Waals surface area contributed by atoms with Gasteiger partial charge in [0.15, 0.2) is 0 Å². The molecular weight excluding hydrogens is 310 g/mol. The third-order valence-corrected chi connectivity index (χ3v) is 4.28. The third-order valence-electron chi connectivity index (χ3n) is 4.28. The van der Waals surface area contributed by atoms with Gasteiger partial charge in [-0.1, -0.05) is 0 Å². The molecule has 0 radical (unpaired) electrons. The first-order valence-corrected chi connectivity index (χ1v) is 8.48. The van der Waals surface area contributed by atoms with Crippen molar-refractivity contribution in [2.45, 2.75) is 37.9 Å². The van der Waals surface area contributed by atoms with Gasteiger partial charge in [0.05, 0.1) is 12.2 Å². The van der Waals surface area contributed by atoms with E-state index in [1.807, 2.05) is 0 Å². The van der Waals surface area contributed by atoms with Crippen molar-refractivity contribution in [2.24, 2.45) is 0 Å². The minimum absolute atomic E-state index is 0.0758. The lowest BCUT2D eigenvalue weighted by Gasteiger charge is -2.12. The summed E-state index contributed by atoms with van der Waals surface area (Å²) in [6, 6.07) is 3.11. The molecule has 7 heteroatoms. The van der Waals surface area contributed by atoms with E-state index in [1.54, 1.807) is 6.07 Å². The molecule has 0 bridgehead atoms. The van der Waals surface area contributed by atoms with E-state index in [-0.39, 0.29) is 29.7 Å². The summed E-state index contributed by atoms with van der Waals surface area (Å²) in [6.07, 6.45) is 5.62. The Labute approximate surface area is 141 Å². The topological polar surface area (TPSA) is 89.5 Å². The van der Waals surface area contributed by atoms with Gasteiger partial charge in [-0.05, 0) is 37.8 Å². The van der Waals surface area contributed by atoms with Crippen molar-refractivity contribution in [3.05, 3.63) is 29.6 Å². The Morgan fingerprint density at radius 1 is 1.04 bits per heavy atom. The van der Waals surface area contributed by atoms with Crippen LogP contribution in [-0.4, -0.2) is 55.3 Å². The number of aromatic nitrogens is 1. The molecule has 3 rings (SSSR count). The minimum Gasteiger partial charge on any atom is -0.376 e. The summed E-state index contributed by atoms with van der Waals surface area (Å²) in [7, 11) is 0. The average molecular weight is 333 g/mol. The van der Waals surface area contributed by atoms with Crippen molar-refractivity contribution < 1.29 is 19.1 Å². The monoisotopic (exact) mass is 333 g/mol. The van der Waals surface area contributed by atoms with Crippen LogP contribution in [0.5, 0.6) is 0 Å². The van der Waals surface area contributed by atoms with Crippen molar-refractivity contribution in [2.75, 3.05) is 26.3 Å². The van der Waals surface area contributed by atoms with E-state index in [2.05, 4.69) is 15.6 Å². The number of rotatable bonds is 6. The molecule has 3 heterocycles. The Kier molecular flexibility index (Phi) is 5.77. The summed E-state index contributed by atoms with van der Waals surface area (Å²) in [4.78, 5) is 28.4. The molecule has 2 fully saturated rings. The van der Waals surface area contributed by atoms with Crippen molar-refractivity contribution >= 4 is 11.8 Å². The highest BCUT2D eigenvalue weighted by molar-refractivity contribution is 5.98. The summed E-state index contributed by atoms with van der Waals surface area (Å²) >= 11 is 0. The number of hydrogen-bond donors (Lipinski definition) is 2. The molecule has 0 spiro atoms. The zero-order chi connectivity index (χ0) is 16.8. The number of carbonyl (C=O) groups excluding carboxylic acids is 2. The summed E-state index contributed by atoms with van der Waals surface area (Å²) in [6.45, 7) is 2.46. The second-order valence-electron chi connectivity index (χ2n) is 6.12. The fourth-order valence-electron chi connectivity index (χ4n) is 2.91. The van der Waals surface area contributed by atoms with Gasteiger partial charge in [-0.25, -0.2) is 0 Å². The van der Waals surface area contributed by atoms with E-state index in [9.17, 15) is 9.59 Å². The molecule has 2 unspecified atom stereocenters. The molecule has 1 aromatic rings. The summed E-state index contributed by atoms with van der Waals surface area (Å²) < 4.78 is 10.9. The highest BCUT2D eigenvalue weighted by atomic mass is 16.5. The van der Waals surface area contributed by atoms with Gasteiger partial charge in [-0.3, -0.25) is 14.6 Å². The van der Waals surface area contributed by atoms with E-state index in [0.717, 1.165) is 38.9 Å². The van der Waals surface area contributed by atoms with Crippen molar-refractivity contribution in [1.29, 1.82) is 0 Å². The molecule has 0 saturated carbocycles. The number of nitrogens with one attached hydrogen (secondary N) is 2. The Morgan fingerprint density at radius 2 is 1.67 bits per heavy atom. The zero-order valence-corrected chi connectivity index (χ0v) is 13.6. The lowest BCUT2D eigenvalue weighted by molar-refractivity contribution is 0.0852. The van der Waals surface area contributed by atoms with Crippen LogP contribution in [0.15, 0.2) is 18.3 Å². The van der Waals surface area contributed by atoms with Gasteiger partial charge in [-0.2, -0.15) is 0 Å². The van der Waals surface area contributed by atoms with Crippen LogP contribution in [-0.2, 0) is 9.47 Å². The SMILES string of the molecule is O=C(NCC1CCCO1)c1ccnc(C(=O)NCC2CCCO2)c1. The molecule has 0 aliphatic carbocycles. The van der Waals surface area contributed by atoms with Gasteiger partial charge >= 0.3 is 0 Å². The number of nitrogens with zero attached hydrogens (tertiary/aromatic N) is 1. The van der Waals surface area contributed by atoms with Crippen LogP contribution in [0.1, 0.15) is 46.5 Å². The Hall–Kier alpha value is -1.99. The fraction of sp³-hybridized carbons (Fsp3) is 0.588. The van der Waals surface area contributed by atoms with E-state index in [4.69, 9.17) is 9.47 Å². The lowest BCUT2D eigenvalue weighted by atomic mass is 10.2.